The van der Waals surface area contributed by atoms with E-state index in [1.54, 1.807) is 11.3 Å². The lowest BCUT2D eigenvalue weighted by molar-refractivity contribution is 0.669. The third-order valence-electron chi connectivity index (χ3n) is 1.97. The molecule has 0 spiro atoms. The van der Waals surface area contributed by atoms with Gasteiger partial charge < -0.3 is 0 Å². The molecule has 12 heavy (non-hydrogen) atoms. The normalized spacial score (nSPS) is 13.2. The molecule has 0 fully saturated rings. The van der Waals surface area contributed by atoms with Gasteiger partial charge in [0.2, 0.25) is 0 Å². The lowest BCUT2D eigenvalue weighted by atomic mass is 10.1. The van der Waals surface area contributed by atoms with Crippen LogP contribution in [0.3, 0.4) is 0 Å². The molecule has 1 heterocycles. The quantitative estimate of drug-likeness (QED) is 0.415. The Kier molecular flexibility index (Phi) is 5.23. The summed E-state index contributed by atoms with van der Waals surface area (Å²) < 4.78 is 0.736. The molecule has 0 aliphatic heterocycles. The van der Waals surface area contributed by atoms with Gasteiger partial charge in [-0.25, -0.2) is 0 Å². The zero-order valence-corrected chi connectivity index (χ0v) is 10.4. The van der Waals surface area contributed by atoms with Gasteiger partial charge in [-0.05, 0) is 28.8 Å². The summed E-state index contributed by atoms with van der Waals surface area (Å²) in [5.74, 6) is 0. The molecule has 68 valence electrons. The third kappa shape index (κ3) is 3.44. The van der Waals surface area contributed by atoms with E-state index in [1.807, 2.05) is 0 Å². The van der Waals surface area contributed by atoms with Crippen LogP contribution in [0.4, 0.5) is 0 Å². The van der Waals surface area contributed by atoms with Crippen LogP contribution in [0.5, 0.6) is 0 Å². The fraction of sp³-hybridized carbons (Fsp3) is 0.600. The SMILES string of the molecule is CCCCCC(I)c1ccsc1. The molecule has 1 atom stereocenters. The minimum Gasteiger partial charge on any atom is -0.152 e. The smallest absolute Gasteiger partial charge is 0.0367 e. The van der Waals surface area contributed by atoms with Crippen LogP contribution in [0.1, 0.15) is 42.1 Å². The Balaban J connectivity index is 2.25. The van der Waals surface area contributed by atoms with Gasteiger partial charge in [0, 0.05) is 3.92 Å². The highest BCUT2D eigenvalue weighted by Crippen LogP contribution is 2.30. The fourth-order valence-electron chi connectivity index (χ4n) is 1.19. The molecule has 0 aromatic carbocycles. The minimum absolute atomic E-state index is 0.736. The lowest BCUT2D eigenvalue weighted by Crippen LogP contribution is -1.86. The molecule has 1 aromatic rings. The van der Waals surface area contributed by atoms with E-state index in [0.29, 0.717) is 0 Å². The Morgan fingerprint density at radius 2 is 2.33 bits per heavy atom. The van der Waals surface area contributed by atoms with Crippen molar-refractivity contribution in [3.63, 3.8) is 0 Å². The molecule has 0 aliphatic carbocycles. The van der Waals surface area contributed by atoms with Crippen molar-refractivity contribution in [2.45, 2.75) is 36.5 Å². The van der Waals surface area contributed by atoms with Gasteiger partial charge in [0.05, 0.1) is 0 Å². The summed E-state index contributed by atoms with van der Waals surface area (Å²) in [6.07, 6.45) is 5.42. The molecule has 0 saturated carbocycles. The molecule has 1 unspecified atom stereocenters. The van der Waals surface area contributed by atoms with Crippen molar-refractivity contribution < 1.29 is 0 Å². The van der Waals surface area contributed by atoms with Crippen molar-refractivity contribution in [3.05, 3.63) is 22.4 Å². The van der Waals surface area contributed by atoms with E-state index in [-0.39, 0.29) is 0 Å². The van der Waals surface area contributed by atoms with Crippen LogP contribution in [-0.2, 0) is 0 Å². The number of unbranched alkanes of at least 4 members (excludes halogenated alkanes) is 2. The van der Waals surface area contributed by atoms with Crippen LogP contribution in [0, 0.1) is 0 Å². The molecule has 0 saturated heterocycles. The number of hydrogen-bond acceptors (Lipinski definition) is 1. The van der Waals surface area contributed by atoms with E-state index < -0.39 is 0 Å². The predicted octanol–water partition coefficient (Wildman–Crippen LogP) is 4.80. The first kappa shape index (κ1) is 10.5. The van der Waals surface area contributed by atoms with Gasteiger partial charge in [0.15, 0.2) is 0 Å². The van der Waals surface area contributed by atoms with E-state index in [0.717, 1.165) is 3.92 Å². The van der Waals surface area contributed by atoms with Crippen molar-refractivity contribution >= 4 is 33.9 Å². The molecule has 0 aliphatic rings. The summed E-state index contributed by atoms with van der Waals surface area (Å²) in [4.78, 5) is 0. The van der Waals surface area contributed by atoms with Crippen LogP contribution in [0.2, 0.25) is 0 Å². The summed E-state index contributed by atoms with van der Waals surface area (Å²) in [6, 6.07) is 2.24. The van der Waals surface area contributed by atoms with E-state index in [9.17, 15) is 0 Å². The first-order valence-electron chi connectivity index (χ1n) is 4.50. The van der Waals surface area contributed by atoms with Crippen LogP contribution in [0.15, 0.2) is 16.8 Å². The standard InChI is InChI=1S/C10H15IS/c1-2-3-4-5-10(11)9-6-7-12-8-9/h6-8,10H,2-5H2,1H3. The molecular weight excluding hydrogens is 279 g/mol. The summed E-state index contributed by atoms with van der Waals surface area (Å²) in [6.45, 7) is 2.26. The second kappa shape index (κ2) is 5.97. The molecule has 1 aromatic heterocycles. The van der Waals surface area contributed by atoms with E-state index in [1.165, 1.54) is 31.2 Å². The van der Waals surface area contributed by atoms with Crippen molar-refractivity contribution in [3.8, 4) is 0 Å². The summed E-state index contributed by atoms with van der Waals surface area (Å²) >= 11 is 4.35. The lowest BCUT2D eigenvalue weighted by Gasteiger charge is -2.06. The van der Waals surface area contributed by atoms with Crippen molar-refractivity contribution in [2.75, 3.05) is 0 Å². The maximum absolute atomic E-state index is 2.55. The van der Waals surface area contributed by atoms with Crippen molar-refractivity contribution in [2.24, 2.45) is 0 Å². The maximum Gasteiger partial charge on any atom is 0.0367 e. The average Bonchev–Trinajstić information content (AvgIpc) is 2.56. The van der Waals surface area contributed by atoms with Gasteiger partial charge >= 0.3 is 0 Å². The number of hydrogen-bond donors (Lipinski definition) is 0. The Hall–Kier alpha value is 0.430. The zero-order valence-electron chi connectivity index (χ0n) is 7.42. The Morgan fingerprint density at radius 3 is 2.92 bits per heavy atom. The number of thiophene rings is 1. The highest BCUT2D eigenvalue weighted by Gasteiger charge is 2.05. The van der Waals surface area contributed by atoms with Crippen LogP contribution in [0.25, 0.3) is 0 Å². The van der Waals surface area contributed by atoms with E-state index >= 15 is 0 Å². The number of rotatable bonds is 5. The van der Waals surface area contributed by atoms with Gasteiger partial charge in [-0.3, -0.25) is 0 Å². The first-order chi connectivity index (χ1) is 5.84. The highest BCUT2D eigenvalue weighted by molar-refractivity contribution is 14.1. The molecule has 0 bridgehead atoms. The van der Waals surface area contributed by atoms with Gasteiger partial charge in [-0.15, -0.1) is 0 Å². The zero-order chi connectivity index (χ0) is 8.81. The summed E-state index contributed by atoms with van der Waals surface area (Å²) in [5, 5.41) is 4.43. The average molecular weight is 294 g/mol. The van der Waals surface area contributed by atoms with E-state index in [4.69, 9.17) is 0 Å². The Labute approximate surface area is 92.5 Å². The second-order valence-corrected chi connectivity index (χ2v) is 5.30. The maximum atomic E-state index is 2.55. The molecule has 0 amide bonds. The molecule has 2 heteroatoms. The molecular formula is C10H15IS. The Morgan fingerprint density at radius 1 is 1.50 bits per heavy atom. The molecule has 0 N–H and O–H groups in total. The fourth-order valence-corrected chi connectivity index (χ4v) is 2.98. The largest absolute Gasteiger partial charge is 0.152 e. The van der Waals surface area contributed by atoms with Gasteiger partial charge in [-0.2, -0.15) is 11.3 Å². The highest BCUT2D eigenvalue weighted by atomic mass is 127. The van der Waals surface area contributed by atoms with Crippen LogP contribution in [-0.4, -0.2) is 0 Å². The minimum atomic E-state index is 0.736. The number of halogens is 1. The third-order valence-corrected chi connectivity index (χ3v) is 4.01. The van der Waals surface area contributed by atoms with Gasteiger partial charge in [0.1, 0.15) is 0 Å². The van der Waals surface area contributed by atoms with Crippen molar-refractivity contribution in [1.82, 2.24) is 0 Å². The monoisotopic (exact) mass is 294 g/mol. The van der Waals surface area contributed by atoms with Gasteiger partial charge in [-0.1, -0.05) is 48.8 Å². The van der Waals surface area contributed by atoms with Crippen LogP contribution < -0.4 is 0 Å². The number of alkyl halides is 1. The van der Waals surface area contributed by atoms with Gasteiger partial charge in [0.25, 0.3) is 0 Å². The topological polar surface area (TPSA) is 0 Å². The van der Waals surface area contributed by atoms with Crippen LogP contribution >= 0.6 is 33.9 Å². The first-order valence-corrected chi connectivity index (χ1v) is 6.69. The molecule has 1 rings (SSSR count). The molecule has 0 radical (unpaired) electrons. The Bertz CT molecular complexity index is 194. The second-order valence-electron chi connectivity index (χ2n) is 3.02. The predicted molar refractivity (Wildman–Crippen MR) is 65.2 cm³/mol. The van der Waals surface area contributed by atoms with E-state index in [2.05, 4.69) is 46.3 Å². The molecule has 0 nitrogen and oxygen atoms in total. The van der Waals surface area contributed by atoms with Crippen molar-refractivity contribution in [1.29, 1.82) is 0 Å². The summed E-state index contributed by atoms with van der Waals surface area (Å²) in [7, 11) is 0. The summed E-state index contributed by atoms with van der Waals surface area (Å²) in [5.41, 5.74) is 1.51.